The van der Waals surface area contributed by atoms with Crippen LogP contribution in [0, 0.1) is 17.8 Å². The molecule has 3 heterocycles. The van der Waals surface area contributed by atoms with E-state index in [0.29, 0.717) is 12.2 Å². The SMILES string of the molecule is C[C@@H](NC(=O)[C@H]1[C@H](CO)[C@H]2Cn3c(cccc3=O)[C@@H]1N2C(=O)C1CC1)c1ccccc1. The van der Waals surface area contributed by atoms with Crippen LogP contribution in [0.25, 0.3) is 0 Å². The first-order valence-corrected chi connectivity index (χ1v) is 11.0. The van der Waals surface area contributed by atoms with Crippen LogP contribution in [0.15, 0.2) is 53.3 Å². The van der Waals surface area contributed by atoms with E-state index in [-0.39, 0.29) is 42.0 Å². The van der Waals surface area contributed by atoms with Gasteiger partial charge >= 0.3 is 0 Å². The van der Waals surface area contributed by atoms with Gasteiger partial charge in [-0.05, 0) is 31.4 Å². The maximum Gasteiger partial charge on any atom is 0.250 e. The lowest BCUT2D eigenvalue weighted by Gasteiger charge is -2.38. The summed E-state index contributed by atoms with van der Waals surface area (Å²) in [6.07, 6.45) is 1.73. The van der Waals surface area contributed by atoms with Gasteiger partial charge in [-0.25, -0.2) is 0 Å². The lowest BCUT2D eigenvalue weighted by atomic mass is 9.86. The fourth-order valence-electron chi connectivity index (χ4n) is 5.34. The van der Waals surface area contributed by atoms with Crippen molar-refractivity contribution in [2.45, 2.75) is 44.4 Å². The van der Waals surface area contributed by atoms with Crippen LogP contribution in [0.1, 0.15) is 43.1 Å². The molecule has 1 aliphatic carbocycles. The number of hydrogen-bond acceptors (Lipinski definition) is 4. The van der Waals surface area contributed by atoms with Crippen molar-refractivity contribution in [3.63, 3.8) is 0 Å². The van der Waals surface area contributed by atoms with Gasteiger partial charge in [0.1, 0.15) is 0 Å². The van der Waals surface area contributed by atoms with E-state index in [1.54, 1.807) is 10.6 Å². The quantitative estimate of drug-likeness (QED) is 0.768. The molecule has 2 aliphatic heterocycles. The van der Waals surface area contributed by atoms with Crippen molar-refractivity contribution in [1.82, 2.24) is 14.8 Å². The van der Waals surface area contributed by atoms with Gasteiger partial charge in [0, 0.05) is 36.7 Å². The molecule has 1 saturated heterocycles. The Morgan fingerprint density at radius 3 is 2.55 bits per heavy atom. The Morgan fingerprint density at radius 1 is 1.13 bits per heavy atom. The molecule has 0 unspecified atom stereocenters. The molecular weight excluding hydrogens is 394 g/mol. The summed E-state index contributed by atoms with van der Waals surface area (Å²) in [6, 6.07) is 13.6. The Labute approximate surface area is 180 Å². The molecule has 1 saturated carbocycles. The number of carbonyl (C=O) groups excluding carboxylic acids is 2. The highest BCUT2D eigenvalue weighted by atomic mass is 16.3. The van der Waals surface area contributed by atoms with Crippen molar-refractivity contribution in [2.24, 2.45) is 17.8 Å². The molecule has 1 aromatic carbocycles. The first-order chi connectivity index (χ1) is 15.0. The predicted molar refractivity (Wildman–Crippen MR) is 114 cm³/mol. The first-order valence-electron chi connectivity index (χ1n) is 11.0. The van der Waals surface area contributed by atoms with E-state index >= 15 is 0 Å². The van der Waals surface area contributed by atoms with E-state index in [1.807, 2.05) is 48.2 Å². The van der Waals surface area contributed by atoms with Crippen molar-refractivity contribution >= 4 is 11.8 Å². The van der Waals surface area contributed by atoms with E-state index in [4.69, 9.17) is 0 Å². The van der Waals surface area contributed by atoms with Gasteiger partial charge in [0.15, 0.2) is 0 Å². The van der Waals surface area contributed by atoms with E-state index in [9.17, 15) is 19.5 Å². The van der Waals surface area contributed by atoms with Gasteiger partial charge in [-0.1, -0.05) is 36.4 Å². The van der Waals surface area contributed by atoms with Crippen molar-refractivity contribution in [3.05, 3.63) is 70.1 Å². The maximum atomic E-state index is 13.5. The van der Waals surface area contributed by atoms with E-state index in [2.05, 4.69) is 5.32 Å². The minimum absolute atomic E-state index is 0.00335. The van der Waals surface area contributed by atoms with Crippen molar-refractivity contribution in [1.29, 1.82) is 0 Å². The van der Waals surface area contributed by atoms with Crippen LogP contribution in [0.3, 0.4) is 0 Å². The molecule has 5 atom stereocenters. The van der Waals surface area contributed by atoms with Crippen molar-refractivity contribution in [3.8, 4) is 0 Å². The molecule has 5 rings (SSSR count). The van der Waals surface area contributed by atoms with Crippen molar-refractivity contribution < 1.29 is 14.7 Å². The summed E-state index contributed by atoms with van der Waals surface area (Å²) in [5.41, 5.74) is 1.53. The number of aromatic nitrogens is 1. The monoisotopic (exact) mass is 421 g/mol. The molecule has 31 heavy (non-hydrogen) atoms. The largest absolute Gasteiger partial charge is 0.396 e. The minimum atomic E-state index is -0.612. The average molecular weight is 421 g/mol. The Hall–Kier alpha value is -2.93. The number of carbonyl (C=O) groups is 2. The fourth-order valence-corrected chi connectivity index (χ4v) is 5.34. The Balaban J connectivity index is 1.53. The number of nitrogens with zero attached hydrogens (tertiary/aromatic N) is 2. The lowest BCUT2D eigenvalue weighted by molar-refractivity contribution is -0.138. The second-order valence-corrected chi connectivity index (χ2v) is 8.94. The van der Waals surface area contributed by atoms with Gasteiger partial charge < -0.3 is 19.9 Å². The molecule has 7 heteroatoms. The van der Waals surface area contributed by atoms with Gasteiger partial charge in [0.05, 0.1) is 24.0 Å². The average Bonchev–Trinajstić information content (AvgIpc) is 3.59. The van der Waals surface area contributed by atoms with E-state index in [1.165, 1.54) is 6.07 Å². The number of fused-ring (bicyclic) bond motifs is 4. The number of pyridine rings is 1. The van der Waals surface area contributed by atoms with Gasteiger partial charge in [0.2, 0.25) is 11.8 Å². The smallest absolute Gasteiger partial charge is 0.250 e. The number of aliphatic hydroxyl groups is 1. The lowest BCUT2D eigenvalue weighted by Crippen LogP contribution is -2.49. The number of rotatable bonds is 5. The maximum absolute atomic E-state index is 13.5. The molecule has 2 aromatic rings. The fraction of sp³-hybridized carbons (Fsp3) is 0.458. The van der Waals surface area contributed by atoms with Crippen LogP contribution in [0.2, 0.25) is 0 Å². The summed E-state index contributed by atoms with van der Waals surface area (Å²) in [5.74, 6) is -1.19. The molecule has 2 fully saturated rings. The summed E-state index contributed by atoms with van der Waals surface area (Å²) in [6.45, 7) is 2.03. The van der Waals surface area contributed by atoms with Gasteiger partial charge in [-0.3, -0.25) is 14.4 Å². The second-order valence-electron chi connectivity index (χ2n) is 8.94. The third-order valence-electron chi connectivity index (χ3n) is 7.06. The number of aliphatic hydroxyl groups excluding tert-OH is 1. The summed E-state index contributed by atoms with van der Waals surface area (Å²) >= 11 is 0. The summed E-state index contributed by atoms with van der Waals surface area (Å²) in [5, 5.41) is 13.4. The Bertz CT molecular complexity index is 1060. The Morgan fingerprint density at radius 2 is 1.87 bits per heavy atom. The zero-order valence-electron chi connectivity index (χ0n) is 17.5. The predicted octanol–water partition coefficient (Wildman–Crippen LogP) is 1.63. The Kier molecular flexibility index (Phi) is 4.93. The number of amides is 2. The van der Waals surface area contributed by atoms with Crippen LogP contribution in [0.5, 0.6) is 0 Å². The molecule has 2 amide bonds. The molecule has 0 radical (unpaired) electrons. The number of hydrogen-bond donors (Lipinski definition) is 2. The molecule has 2 bridgehead atoms. The van der Waals surface area contributed by atoms with Crippen LogP contribution < -0.4 is 10.9 Å². The highest BCUT2D eigenvalue weighted by Crippen LogP contribution is 2.50. The number of benzene rings is 1. The summed E-state index contributed by atoms with van der Waals surface area (Å²) in [4.78, 5) is 41.1. The van der Waals surface area contributed by atoms with Crippen LogP contribution in [-0.2, 0) is 16.1 Å². The third kappa shape index (κ3) is 3.28. The van der Waals surface area contributed by atoms with Crippen molar-refractivity contribution in [2.75, 3.05) is 6.61 Å². The summed E-state index contributed by atoms with van der Waals surface area (Å²) in [7, 11) is 0. The van der Waals surface area contributed by atoms with Gasteiger partial charge in [-0.2, -0.15) is 0 Å². The number of nitrogens with one attached hydrogen (secondary N) is 1. The molecule has 7 nitrogen and oxygen atoms in total. The molecule has 1 aromatic heterocycles. The molecule has 0 spiro atoms. The molecular formula is C24H27N3O4. The first kappa shape index (κ1) is 20.0. The highest BCUT2D eigenvalue weighted by molar-refractivity contribution is 5.86. The molecule has 3 aliphatic rings. The molecule has 2 N–H and O–H groups in total. The van der Waals surface area contributed by atoms with E-state index < -0.39 is 17.9 Å². The van der Waals surface area contributed by atoms with Gasteiger partial charge in [0.25, 0.3) is 5.56 Å². The van der Waals surface area contributed by atoms with Gasteiger partial charge in [-0.15, -0.1) is 0 Å². The standard InChI is InChI=1S/C24H27N3O4/c1-14(15-6-3-2-4-7-15)25-23(30)21-17(13-28)19-12-26-18(8-5-9-20(26)29)22(21)27(19)24(31)16-10-11-16/h2-9,14,16-17,19,21-22,28H,10-13H2,1H3,(H,25,30)/t14-,17-,19-,21+,22+/m1/s1. The van der Waals surface area contributed by atoms with Crippen LogP contribution in [0.4, 0.5) is 0 Å². The van der Waals surface area contributed by atoms with Crippen LogP contribution >= 0.6 is 0 Å². The van der Waals surface area contributed by atoms with Crippen LogP contribution in [-0.4, -0.2) is 39.0 Å². The third-order valence-corrected chi connectivity index (χ3v) is 7.06. The second kappa shape index (κ2) is 7.64. The van der Waals surface area contributed by atoms with E-state index in [0.717, 1.165) is 18.4 Å². The zero-order valence-corrected chi connectivity index (χ0v) is 17.5. The minimum Gasteiger partial charge on any atom is -0.396 e. The highest BCUT2D eigenvalue weighted by Gasteiger charge is 2.58. The summed E-state index contributed by atoms with van der Waals surface area (Å²) < 4.78 is 1.67. The normalized spacial score (nSPS) is 27.5. The molecule has 162 valence electrons. The topological polar surface area (TPSA) is 91.6 Å². The zero-order chi connectivity index (χ0) is 21.7.